The fraction of sp³-hybridized carbons (Fsp3) is 0.200. The van der Waals surface area contributed by atoms with E-state index >= 15 is 0 Å². The fourth-order valence-electron chi connectivity index (χ4n) is 4.95. The van der Waals surface area contributed by atoms with Crippen LogP contribution < -0.4 is 24.8 Å². The van der Waals surface area contributed by atoms with E-state index in [4.69, 9.17) is 23.2 Å². The lowest BCUT2D eigenvalue weighted by Gasteiger charge is -2.10. The van der Waals surface area contributed by atoms with Crippen molar-refractivity contribution in [2.45, 2.75) is 20.3 Å². The first-order chi connectivity index (χ1) is 22.2. The van der Waals surface area contributed by atoms with Crippen LogP contribution in [0.4, 0.5) is 5.69 Å². The third-order valence-corrected chi connectivity index (χ3v) is 7.45. The van der Waals surface area contributed by atoms with Crippen molar-refractivity contribution in [3.05, 3.63) is 107 Å². The summed E-state index contributed by atoms with van der Waals surface area (Å²) in [5.74, 6) is 0.770. The Labute approximate surface area is 265 Å². The molecule has 2 amide bonds. The average Bonchev–Trinajstić information content (AvgIpc) is 3.67. The highest BCUT2D eigenvalue weighted by molar-refractivity contribution is 6.19. The van der Waals surface area contributed by atoms with Gasteiger partial charge in [-0.05, 0) is 61.2 Å². The topological polar surface area (TPSA) is 142 Å². The van der Waals surface area contributed by atoms with E-state index in [0.29, 0.717) is 58.1 Å². The number of aryl methyl sites for hydroxylation is 1. The third-order valence-electron chi connectivity index (χ3n) is 7.45. The van der Waals surface area contributed by atoms with E-state index in [-0.39, 0.29) is 22.9 Å². The minimum Gasteiger partial charge on any atom is -0.493 e. The summed E-state index contributed by atoms with van der Waals surface area (Å²) in [5, 5.41) is 9.85. The number of allylic oxidation sites excluding steroid dienone is 1. The summed E-state index contributed by atoms with van der Waals surface area (Å²) in [6.07, 6.45) is 3.43. The number of hydrogen-bond donors (Lipinski definition) is 2. The van der Waals surface area contributed by atoms with Crippen molar-refractivity contribution >= 4 is 39.8 Å². The van der Waals surface area contributed by atoms with Gasteiger partial charge < -0.3 is 33.8 Å². The number of amides is 2. The second-order valence-electron chi connectivity index (χ2n) is 10.4. The Hall–Kier alpha value is -5.84. The van der Waals surface area contributed by atoms with Gasteiger partial charge in [-0.2, -0.15) is 0 Å². The van der Waals surface area contributed by atoms with Gasteiger partial charge in [0.05, 0.1) is 33.2 Å². The number of methoxy groups -OCH3 is 3. The molecule has 5 aromatic rings. The molecule has 5 rings (SSSR count). The van der Waals surface area contributed by atoms with E-state index in [1.807, 2.05) is 25.1 Å². The predicted octanol–water partition coefficient (Wildman–Crippen LogP) is 6.00. The number of ether oxygens (including phenoxy) is 3. The van der Waals surface area contributed by atoms with Gasteiger partial charge in [0.15, 0.2) is 28.6 Å². The Bertz CT molecular complexity index is 1940. The van der Waals surface area contributed by atoms with Crippen molar-refractivity contribution in [1.82, 2.24) is 10.5 Å². The fourth-order valence-corrected chi connectivity index (χ4v) is 4.95. The quantitative estimate of drug-likeness (QED) is 0.126. The summed E-state index contributed by atoms with van der Waals surface area (Å²) in [7, 11) is 4.65. The molecule has 0 bridgehead atoms. The van der Waals surface area contributed by atoms with Gasteiger partial charge in [0.25, 0.3) is 5.91 Å². The SMILES string of the molecule is COc1ccc(CCNC(=O)C=C(C)c2ccc(C(=O)c3oc4c(OC)cccc4c3NC(=O)c3cnoc3C)cc2)cc1OC. The zero-order valence-corrected chi connectivity index (χ0v) is 26.1. The normalized spacial score (nSPS) is 11.3. The second-order valence-corrected chi connectivity index (χ2v) is 10.4. The number of para-hydroxylation sites is 1. The van der Waals surface area contributed by atoms with Crippen LogP contribution in [0.5, 0.6) is 17.2 Å². The van der Waals surface area contributed by atoms with Crippen molar-refractivity contribution in [2.24, 2.45) is 0 Å². The Morgan fingerprint density at radius 1 is 0.891 bits per heavy atom. The molecule has 0 saturated carbocycles. The van der Waals surface area contributed by atoms with E-state index < -0.39 is 11.7 Å². The summed E-state index contributed by atoms with van der Waals surface area (Å²) in [5.41, 5.74) is 3.55. The van der Waals surface area contributed by atoms with Gasteiger partial charge in [0.2, 0.25) is 11.7 Å². The number of hydrogen-bond acceptors (Lipinski definition) is 9. The lowest BCUT2D eigenvalue weighted by molar-refractivity contribution is -0.116. The van der Waals surface area contributed by atoms with Crippen molar-refractivity contribution in [3.8, 4) is 17.2 Å². The number of furan rings is 1. The summed E-state index contributed by atoms with van der Waals surface area (Å²) < 4.78 is 27.1. The summed E-state index contributed by atoms with van der Waals surface area (Å²) in [4.78, 5) is 39.4. The van der Waals surface area contributed by atoms with Gasteiger partial charge in [0.1, 0.15) is 11.3 Å². The van der Waals surface area contributed by atoms with Crippen molar-refractivity contribution < 1.29 is 37.5 Å². The number of carbonyl (C=O) groups excluding carboxylic acids is 3. The van der Waals surface area contributed by atoms with E-state index in [1.54, 1.807) is 63.6 Å². The number of fused-ring (bicyclic) bond motifs is 1. The molecule has 0 spiro atoms. The van der Waals surface area contributed by atoms with Gasteiger partial charge in [-0.1, -0.05) is 41.6 Å². The highest BCUT2D eigenvalue weighted by Gasteiger charge is 2.26. The first-order valence-corrected chi connectivity index (χ1v) is 14.4. The average molecular weight is 624 g/mol. The van der Waals surface area contributed by atoms with Crippen LogP contribution in [-0.4, -0.2) is 50.6 Å². The molecular weight excluding hydrogens is 590 g/mol. The molecule has 0 aliphatic rings. The number of ketones is 1. The van der Waals surface area contributed by atoms with Gasteiger partial charge >= 0.3 is 0 Å². The molecule has 0 saturated heterocycles. The molecule has 2 heterocycles. The molecule has 0 unspecified atom stereocenters. The number of rotatable bonds is 12. The van der Waals surface area contributed by atoms with Crippen LogP contribution in [0.1, 0.15) is 50.3 Å². The number of benzene rings is 3. The molecule has 0 radical (unpaired) electrons. The Kier molecular flexibility index (Phi) is 9.51. The van der Waals surface area contributed by atoms with Crippen LogP contribution in [0.15, 0.2) is 81.9 Å². The maximum Gasteiger partial charge on any atom is 0.261 e. The smallest absolute Gasteiger partial charge is 0.261 e. The summed E-state index contributed by atoms with van der Waals surface area (Å²) >= 11 is 0. The monoisotopic (exact) mass is 623 g/mol. The molecule has 11 heteroatoms. The molecule has 11 nitrogen and oxygen atoms in total. The number of carbonyl (C=O) groups is 3. The van der Waals surface area contributed by atoms with E-state index in [1.165, 1.54) is 19.4 Å². The molecule has 2 aromatic heterocycles. The third kappa shape index (κ3) is 6.63. The van der Waals surface area contributed by atoms with Crippen LogP contribution in [0.25, 0.3) is 16.5 Å². The number of nitrogens with one attached hydrogen (secondary N) is 2. The molecule has 46 heavy (non-hydrogen) atoms. The Balaban J connectivity index is 1.31. The number of nitrogens with zero attached hydrogens (tertiary/aromatic N) is 1. The van der Waals surface area contributed by atoms with Crippen LogP contribution in [0.3, 0.4) is 0 Å². The zero-order valence-electron chi connectivity index (χ0n) is 26.1. The highest BCUT2D eigenvalue weighted by Crippen LogP contribution is 2.38. The predicted molar refractivity (Wildman–Crippen MR) is 172 cm³/mol. The molecule has 3 aromatic carbocycles. The molecule has 2 N–H and O–H groups in total. The highest BCUT2D eigenvalue weighted by atomic mass is 16.5. The van der Waals surface area contributed by atoms with E-state index in [0.717, 1.165) is 11.1 Å². The molecule has 0 aliphatic carbocycles. The zero-order chi connectivity index (χ0) is 32.8. The molecule has 0 aliphatic heterocycles. The molecule has 0 atom stereocenters. The first kappa shape index (κ1) is 31.6. The Morgan fingerprint density at radius 2 is 1.61 bits per heavy atom. The maximum atomic E-state index is 13.7. The van der Waals surface area contributed by atoms with Gasteiger partial charge in [-0.3, -0.25) is 14.4 Å². The summed E-state index contributed by atoms with van der Waals surface area (Å²) in [6.45, 7) is 3.87. The molecule has 0 fully saturated rings. The lowest BCUT2D eigenvalue weighted by atomic mass is 10.0. The summed E-state index contributed by atoms with van der Waals surface area (Å²) in [6, 6.07) is 17.6. The van der Waals surface area contributed by atoms with Crippen LogP contribution in [0, 0.1) is 6.92 Å². The standard InChI is InChI=1S/C35H33N3O8/c1-20(17-30(39)36-16-15-22-9-14-27(42-3)29(18-22)44-5)23-10-12-24(13-11-23)32(40)34-31(38-35(41)26-19-37-46-21(26)2)25-7-6-8-28(43-4)33(25)45-34/h6-14,17-19H,15-16H2,1-5H3,(H,36,39)(H,38,41). The Morgan fingerprint density at radius 3 is 2.28 bits per heavy atom. The van der Waals surface area contributed by atoms with Crippen molar-refractivity contribution in [3.63, 3.8) is 0 Å². The van der Waals surface area contributed by atoms with Crippen LogP contribution in [0.2, 0.25) is 0 Å². The number of anilines is 1. The van der Waals surface area contributed by atoms with E-state index in [9.17, 15) is 14.4 Å². The minimum absolute atomic E-state index is 0.0594. The lowest BCUT2D eigenvalue weighted by Crippen LogP contribution is -2.23. The minimum atomic E-state index is -0.503. The van der Waals surface area contributed by atoms with Crippen LogP contribution in [-0.2, 0) is 11.2 Å². The van der Waals surface area contributed by atoms with Gasteiger partial charge in [0, 0.05) is 23.6 Å². The van der Waals surface area contributed by atoms with E-state index in [2.05, 4.69) is 15.8 Å². The van der Waals surface area contributed by atoms with Crippen molar-refractivity contribution in [2.75, 3.05) is 33.2 Å². The van der Waals surface area contributed by atoms with Gasteiger partial charge in [-0.25, -0.2) is 0 Å². The molecular formula is C35H33N3O8. The number of aromatic nitrogens is 1. The largest absolute Gasteiger partial charge is 0.493 e. The van der Waals surface area contributed by atoms with Crippen molar-refractivity contribution in [1.29, 1.82) is 0 Å². The maximum absolute atomic E-state index is 13.7. The van der Waals surface area contributed by atoms with Crippen LogP contribution >= 0.6 is 0 Å². The second kappa shape index (κ2) is 13.9. The first-order valence-electron chi connectivity index (χ1n) is 14.4. The molecule has 236 valence electrons. The van der Waals surface area contributed by atoms with Gasteiger partial charge in [-0.15, -0.1) is 0 Å².